The maximum absolute atomic E-state index is 5.55. The van der Waals surface area contributed by atoms with Crippen molar-refractivity contribution in [1.82, 2.24) is 15.5 Å². The molecule has 6 heteroatoms. The number of nitrogens with one attached hydrogen (secondary N) is 1. The summed E-state index contributed by atoms with van der Waals surface area (Å²) < 4.78 is 16.2. The molecule has 0 bridgehead atoms. The standard InChI is InChI=1S/C13H23N3O3/c1-4-14-10(9(2)3)7-12-15-13(16-19-12)11-8-17-5-6-18-11/h9-11,14H,4-8H2,1-3H3. The monoisotopic (exact) mass is 269 g/mol. The Bertz CT molecular complexity index is 375. The van der Waals surface area contributed by atoms with Crippen molar-refractivity contribution >= 4 is 0 Å². The molecule has 2 heterocycles. The zero-order valence-electron chi connectivity index (χ0n) is 11.9. The number of nitrogens with zero attached hydrogens (tertiary/aromatic N) is 2. The molecule has 0 amide bonds. The van der Waals surface area contributed by atoms with E-state index in [-0.39, 0.29) is 6.10 Å². The summed E-state index contributed by atoms with van der Waals surface area (Å²) >= 11 is 0. The first kappa shape index (κ1) is 14.4. The molecule has 19 heavy (non-hydrogen) atoms. The Hall–Kier alpha value is -0.980. The number of rotatable bonds is 6. The van der Waals surface area contributed by atoms with Crippen molar-refractivity contribution in [2.75, 3.05) is 26.4 Å². The summed E-state index contributed by atoms with van der Waals surface area (Å²) in [5, 5.41) is 7.43. The summed E-state index contributed by atoms with van der Waals surface area (Å²) in [4.78, 5) is 4.42. The molecule has 2 rings (SSSR count). The van der Waals surface area contributed by atoms with Crippen molar-refractivity contribution in [2.24, 2.45) is 5.92 Å². The molecule has 1 aliphatic rings. The van der Waals surface area contributed by atoms with Gasteiger partial charge in [-0.25, -0.2) is 0 Å². The van der Waals surface area contributed by atoms with Crippen LogP contribution in [0.1, 0.15) is 38.6 Å². The van der Waals surface area contributed by atoms with Gasteiger partial charge in [-0.3, -0.25) is 0 Å². The molecule has 6 nitrogen and oxygen atoms in total. The fraction of sp³-hybridized carbons (Fsp3) is 0.846. The van der Waals surface area contributed by atoms with Crippen LogP contribution in [-0.2, 0) is 15.9 Å². The van der Waals surface area contributed by atoms with E-state index in [9.17, 15) is 0 Å². The smallest absolute Gasteiger partial charge is 0.228 e. The van der Waals surface area contributed by atoms with Gasteiger partial charge in [-0.2, -0.15) is 4.98 Å². The van der Waals surface area contributed by atoms with Gasteiger partial charge in [0.1, 0.15) is 6.10 Å². The van der Waals surface area contributed by atoms with E-state index >= 15 is 0 Å². The van der Waals surface area contributed by atoms with E-state index in [0.29, 0.717) is 43.5 Å². The highest BCUT2D eigenvalue weighted by Gasteiger charge is 2.23. The summed E-state index contributed by atoms with van der Waals surface area (Å²) in [7, 11) is 0. The van der Waals surface area contributed by atoms with Crippen LogP contribution in [0.25, 0.3) is 0 Å². The van der Waals surface area contributed by atoms with Crippen molar-refractivity contribution < 1.29 is 14.0 Å². The van der Waals surface area contributed by atoms with Crippen molar-refractivity contribution in [3.63, 3.8) is 0 Å². The van der Waals surface area contributed by atoms with Crippen LogP contribution in [0.15, 0.2) is 4.52 Å². The number of likely N-dealkylation sites (N-methyl/N-ethyl adjacent to an activating group) is 1. The summed E-state index contributed by atoms with van der Waals surface area (Å²) in [6.45, 7) is 9.12. The van der Waals surface area contributed by atoms with Crippen molar-refractivity contribution in [2.45, 2.75) is 39.3 Å². The second kappa shape index (κ2) is 6.98. The third-order valence-corrected chi connectivity index (χ3v) is 3.25. The molecule has 1 saturated heterocycles. The molecule has 0 aliphatic carbocycles. The molecule has 1 fully saturated rings. The summed E-state index contributed by atoms with van der Waals surface area (Å²) in [5.41, 5.74) is 0. The van der Waals surface area contributed by atoms with Crippen molar-refractivity contribution in [1.29, 1.82) is 0 Å². The highest BCUT2D eigenvalue weighted by molar-refractivity contribution is 4.94. The molecule has 108 valence electrons. The van der Waals surface area contributed by atoms with Gasteiger partial charge in [0, 0.05) is 12.5 Å². The molecular weight excluding hydrogens is 246 g/mol. The zero-order chi connectivity index (χ0) is 13.7. The van der Waals surface area contributed by atoms with Gasteiger partial charge in [-0.1, -0.05) is 25.9 Å². The van der Waals surface area contributed by atoms with Gasteiger partial charge >= 0.3 is 0 Å². The quantitative estimate of drug-likeness (QED) is 0.840. The van der Waals surface area contributed by atoms with Crippen LogP contribution in [-0.4, -0.2) is 42.5 Å². The van der Waals surface area contributed by atoms with Gasteiger partial charge in [0.2, 0.25) is 11.7 Å². The van der Waals surface area contributed by atoms with Gasteiger partial charge in [-0.05, 0) is 12.5 Å². The van der Waals surface area contributed by atoms with Gasteiger partial charge < -0.3 is 19.3 Å². The van der Waals surface area contributed by atoms with E-state index in [4.69, 9.17) is 14.0 Å². The number of aromatic nitrogens is 2. The Kier molecular flexibility index (Phi) is 5.30. The van der Waals surface area contributed by atoms with E-state index in [1.165, 1.54) is 0 Å². The highest BCUT2D eigenvalue weighted by Crippen LogP contribution is 2.18. The Labute approximate surface area is 113 Å². The zero-order valence-corrected chi connectivity index (χ0v) is 11.9. The molecule has 1 aliphatic heterocycles. The molecular formula is C13H23N3O3. The molecule has 2 atom stereocenters. The lowest BCUT2D eigenvalue weighted by molar-refractivity contribution is -0.0941. The summed E-state index contributed by atoms with van der Waals surface area (Å²) in [6.07, 6.45) is 0.550. The van der Waals surface area contributed by atoms with E-state index in [2.05, 4.69) is 36.2 Å². The predicted octanol–water partition coefficient (Wildman–Crippen LogP) is 1.33. The van der Waals surface area contributed by atoms with Crippen molar-refractivity contribution in [3.8, 4) is 0 Å². The minimum atomic E-state index is -0.192. The average molecular weight is 269 g/mol. The molecule has 1 aromatic heterocycles. The van der Waals surface area contributed by atoms with E-state index < -0.39 is 0 Å². The number of hydrogen-bond donors (Lipinski definition) is 1. The first-order valence-electron chi connectivity index (χ1n) is 6.96. The Balaban J connectivity index is 1.95. The van der Waals surface area contributed by atoms with Crippen LogP contribution < -0.4 is 5.32 Å². The Morgan fingerprint density at radius 3 is 2.84 bits per heavy atom. The minimum Gasteiger partial charge on any atom is -0.376 e. The number of hydrogen-bond acceptors (Lipinski definition) is 6. The fourth-order valence-corrected chi connectivity index (χ4v) is 2.11. The second-order valence-corrected chi connectivity index (χ2v) is 5.09. The van der Waals surface area contributed by atoms with Gasteiger partial charge in [0.05, 0.1) is 19.8 Å². The van der Waals surface area contributed by atoms with Crippen LogP contribution in [0.3, 0.4) is 0 Å². The molecule has 0 aromatic carbocycles. The SMILES string of the molecule is CCNC(Cc1nc(C2COCCO2)no1)C(C)C. The van der Waals surface area contributed by atoms with E-state index in [1.54, 1.807) is 0 Å². The second-order valence-electron chi connectivity index (χ2n) is 5.09. The fourth-order valence-electron chi connectivity index (χ4n) is 2.11. The highest BCUT2D eigenvalue weighted by atomic mass is 16.6. The van der Waals surface area contributed by atoms with Crippen molar-refractivity contribution in [3.05, 3.63) is 11.7 Å². The maximum Gasteiger partial charge on any atom is 0.228 e. The largest absolute Gasteiger partial charge is 0.376 e. The molecule has 0 radical (unpaired) electrons. The minimum absolute atomic E-state index is 0.192. The lowest BCUT2D eigenvalue weighted by Gasteiger charge is -2.20. The van der Waals surface area contributed by atoms with Crippen LogP contribution in [0.5, 0.6) is 0 Å². The van der Waals surface area contributed by atoms with Crippen LogP contribution >= 0.6 is 0 Å². The maximum atomic E-state index is 5.55. The third kappa shape index (κ3) is 3.99. The number of ether oxygens (including phenoxy) is 2. The first-order chi connectivity index (χ1) is 9.20. The van der Waals surface area contributed by atoms with Gasteiger partial charge in [0.15, 0.2) is 0 Å². The molecule has 0 saturated carbocycles. The van der Waals surface area contributed by atoms with Gasteiger partial charge in [-0.15, -0.1) is 0 Å². The molecule has 2 unspecified atom stereocenters. The summed E-state index contributed by atoms with van der Waals surface area (Å²) in [6, 6.07) is 0.349. The Morgan fingerprint density at radius 2 is 2.21 bits per heavy atom. The van der Waals surface area contributed by atoms with Crippen LogP contribution in [0, 0.1) is 5.92 Å². The van der Waals surface area contributed by atoms with Crippen LogP contribution in [0.4, 0.5) is 0 Å². The molecule has 1 N–H and O–H groups in total. The lowest BCUT2D eigenvalue weighted by Crippen LogP contribution is -2.35. The lowest BCUT2D eigenvalue weighted by atomic mass is 10.0. The predicted molar refractivity (Wildman–Crippen MR) is 69.8 cm³/mol. The summed E-state index contributed by atoms with van der Waals surface area (Å²) in [5.74, 6) is 1.77. The third-order valence-electron chi connectivity index (χ3n) is 3.25. The molecule has 0 spiro atoms. The van der Waals surface area contributed by atoms with Gasteiger partial charge in [0.25, 0.3) is 0 Å². The molecule has 1 aromatic rings. The first-order valence-corrected chi connectivity index (χ1v) is 6.96. The average Bonchev–Trinajstić information content (AvgIpc) is 2.88. The normalized spacial score (nSPS) is 21.8. The van der Waals surface area contributed by atoms with E-state index in [0.717, 1.165) is 13.0 Å². The van der Waals surface area contributed by atoms with E-state index in [1.807, 2.05) is 0 Å². The Morgan fingerprint density at radius 1 is 1.37 bits per heavy atom. The topological polar surface area (TPSA) is 69.4 Å². The van der Waals surface area contributed by atoms with Crippen LogP contribution in [0.2, 0.25) is 0 Å².